The number of aromatic nitrogens is 5. The van der Waals surface area contributed by atoms with Crippen molar-refractivity contribution in [3.05, 3.63) is 249 Å². The van der Waals surface area contributed by atoms with E-state index in [0.29, 0.717) is 0 Å². The summed E-state index contributed by atoms with van der Waals surface area (Å²) >= 11 is 0. The zero-order valence-electron chi connectivity index (χ0n) is 40.6. The second-order valence-electron chi connectivity index (χ2n) is 19.4. The molecule has 1 aliphatic rings. The molecule has 0 saturated heterocycles. The van der Waals surface area contributed by atoms with Gasteiger partial charge in [-0.25, -0.2) is 0 Å². The van der Waals surface area contributed by atoms with Gasteiger partial charge in [0.05, 0.1) is 62.7 Å². The van der Waals surface area contributed by atoms with Crippen LogP contribution in [-0.4, -0.2) is 23.7 Å². The number of hydrogen-bond acceptors (Lipinski definition) is 3. The van der Waals surface area contributed by atoms with E-state index in [2.05, 4.69) is 236 Å². The van der Waals surface area contributed by atoms with E-state index in [9.17, 15) is 0 Å². The van der Waals surface area contributed by atoms with E-state index >= 15 is 0 Å². The van der Waals surface area contributed by atoms with Gasteiger partial charge in [-0.15, -0.1) is 0 Å². The Morgan fingerprint density at radius 2 is 0.959 bits per heavy atom. The molecule has 0 aliphatic carbocycles. The summed E-state index contributed by atoms with van der Waals surface area (Å²) in [7, 11) is 0. The minimum absolute atomic E-state index is 0.885. The maximum Gasteiger partial charge on any atom is 0.0645 e. The van der Waals surface area contributed by atoms with E-state index in [1.54, 1.807) is 0 Å². The first kappa shape index (κ1) is 42.0. The van der Waals surface area contributed by atoms with Crippen molar-refractivity contribution in [2.24, 2.45) is 0 Å². The van der Waals surface area contributed by atoms with Crippen molar-refractivity contribution in [2.75, 3.05) is 4.90 Å². The van der Waals surface area contributed by atoms with Gasteiger partial charge < -0.3 is 18.6 Å². The Labute approximate surface area is 427 Å². The van der Waals surface area contributed by atoms with Crippen molar-refractivity contribution < 1.29 is 0 Å². The zero-order chi connectivity index (χ0) is 49.0. The number of nitrogens with zero attached hydrogens (tertiary/aromatic N) is 6. The largest absolute Gasteiger partial charge is 0.309 e. The second-order valence-corrected chi connectivity index (χ2v) is 19.4. The molecule has 0 saturated carbocycles. The molecule has 15 rings (SSSR count). The average Bonchev–Trinajstić information content (AvgIpc) is 4.12. The van der Waals surface area contributed by atoms with Crippen LogP contribution in [0.4, 0.5) is 17.1 Å². The van der Waals surface area contributed by atoms with Crippen LogP contribution in [-0.2, 0) is 6.42 Å². The van der Waals surface area contributed by atoms with E-state index in [4.69, 9.17) is 0 Å². The van der Waals surface area contributed by atoms with Gasteiger partial charge >= 0.3 is 0 Å². The Balaban J connectivity index is 0.905. The summed E-state index contributed by atoms with van der Waals surface area (Å²) in [5.74, 6) is 0. The van der Waals surface area contributed by atoms with Crippen molar-refractivity contribution in [3.63, 3.8) is 0 Å². The summed E-state index contributed by atoms with van der Waals surface area (Å²) in [6.45, 7) is 6.48. The van der Waals surface area contributed by atoms with Gasteiger partial charge in [0, 0.05) is 67.3 Å². The molecule has 6 heterocycles. The van der Waals surface area contributed by atoms with Gasteiger partial charge in [0.2, 0.25) is 0 Å². The molecule has 0 radical (unpaired) electrons. The quantitative estimate of drug-likeness (QED) is 0.152. The van der Waals surface area contributed by atoms with Gasteiger partial charge in [-0.05, 0) is 154 Å². The fraction of sp³-hybridized carbons (Fsp3) is 0.0294. The molecule has 348 valence electrons. The SMILES string of the molecule is C=Cc1c(CC)c2cc(-c3cccc(-n4c5ccccc5c5cc6c(cc54)N(c4cccc(-c5ccc7c(c5)c5ccccc5n7-c5cccnc5)c4)c4cccc5cccc-6c45)c3)ccc2n1-c1cccnc1. The maximum atomic E-state index is 4.47. The number of pyridine rings is 2. The highest BCUT2D eigenvalue weighted by molar-refractivity contribution is 6.19. The van der Waals surface area contributed by atoms with Crippen LogP contribution in [0.1, 0.15) is 18.2 Å². The zero-order valence-corrected chi connectivity index (χ0v) is 40.6. The lowest BCUT2D eigenvalue weighted by atomic mass is 9.89. The lowest BCUT2D eigenvalue weighted by Gasteiger charge is -2.34. The molecule has 0 amide bonds. The number of hydrogen-bond donors (Lipinski definition) is 0. The van der Waals surface area contributed by atoms with E-state index in [0.717, 1.165) is 79.3 Å². The van der Waals surface area contributed by atoms with E-state index in [1.165, 1.54) is 71.2 Å². The molecule has 0 bridgehead atoms. The molecule has 1 aliphatic heterocycles. The molecule has 5 aromatic heterocycles. The van der Waals surface area contributed by atoms with Crippen LogP contribution in [0.3, 0.4) is 0 Å². The molecule has 0 spiro atoms. The van der Waals surface area contributed by atoms with Gasteiger partial charge in [-0.3, -0.25) is 9.97 Å². The molecule has 14 aromatic rings. The van der Waals surface area contributed by atoms with Crippen molar-refractivity contribution in [1.29, 1.82) is 0 Å². The highest BCUT2D eigenvalue weighted by Crippen LogP contribution is 2.53. The first-order valence-electron chi connectivity index (χ1n) is 25.4. The van der Waals surface area contributed by atoms with E-state index < -0.39 is 0 Å². The standard InChI is InChI=1S/C68H46N6/c1-3-52-56-37-46(29-31-63(56)73(60(52)4-2)50-21-13-33-69-41-50)44-17-9-19-48(35-44)71-61-26-7-6-24-54(61)58-39-59-55-25-11-15-43-16-12-28-65(68(43)55)72(67(59)40-66(58)71)49-20-10-18-45(36-49)47-30-32-64-57(38-47)53-23-5-8-27-62(53)74(64)51-22-14-34-70-42-51/h4-42H,2-3H2,1H3. The van der Waals surface area contributed by atoms with Crippen molar-refractivity contribution in [3.8, 4) is 50.4 Å². The van der Waals surface area contributed by atoms with Crippen LogP contribution in [0.15, 0.2) is 238 Å². The van der Waals surface area contributed by atoms with Gasteiger partial charge in [0.15, 0.2) is 0 Å². The Kier molecular flexibility index (Phi) is 9.29. The molecule has 0 unspecified atom stereocenters. The molecule has 0 atom stereocenters. The number of anilines is 3. The third-order valence-electron chi connectivity index (χ3n) is 15.5. The minimum Gasteiger partial charge on any atom is -0.309 e. The summed E-state index contributed by atoms with van der Waals surface area (Å²) < 4.78 is 7.07. The smallest absolute Gasteiger partial charge is 0.0645 e. The molecular formula is C68H46N6. The van der Waals surface area contributed by atoms with Crippen LogP contribution >= 0.6 is 0 Å². The summed E-state index contributed by atoms with van der Waals surface area (Å²) in [5, 5.41) is 8.57. The number of fused-ring (bicyclic) bond motifs is 9. The third-order valence-corrected chi connectivity index (χ3v) is 15.5. The predicted octanol–water partition coefficient (Wildman–Crippen LogP) is 17.8. The molecule has 0 N–H and O–H groups in total. The fourth-order valence-corrected chi connectivity index (χ4v) is 12.3. The summed E-state index contributed by atoms with van der Waals surface area (Å²) in [4.78, 5) is 11.4. The third kappa shape index (κ3) is 6.18. The number of benzene rings is 9. The van der Waals surface area contributed by atoms with Crippen LogP contribution in [0, 0.1) is 0 Å². The Morgan fingerprint density at radius 3 is 1.64 bits per heavy atom. The van der Waals surface area contributed by atoms with Crippen molar-refractivity contribution in [2.45, 2.75) is 13.3 Å². The van der Waals surface area contributed by atoms with Gasteiger partial charge in [-0.1, -0.05) is 117 Å². The van der Waals surface area contributed by atoms with Crippen molar-refractivity contribution >= 4 is 88.4 Å². The summed E-state index contributed by atoms with van der Waals surface area (Å²) in [6.07, 6.45) is 10.4. The van der Waals surface area contributed by atoms with Crippen LogP contribution in [0.25, 0.3) is 122 Å². The molecule has 0 fully saturated rings. The fourth-order valence-electron chi connectivity index (χ4n) is 12.3. The van der Waals surface area contributed by atoms with E-state index in [-0.39, 0.29) is 0 Å². The Hall–Kier alpha value is -9.78. The number of rotatable bonds is 8. The first-order valence-corrected chi connectivity index (χ1v) is 25.4. The average molecular weight is 947 g/mol. The maximum absolute atomic E-state index is 4.47. The lowest BCUT2D eigenvalue weighted by molar-refractivity contribution is 1.05. The predicted molar refractivity (Wildman–Crippen MR) is 309 cm³/mol. The normalized spacial score (nSPS) is 12.2. The van der Waals surface area contributed by atoms with Crippen molar-refractivity contribution in [1.82, 2.24) is 23.7 Å². The van der Waals surface area contributed by atoms with Gasteiger partial charge in [-0.2, -0.15) is 0 Å². The van der Waals surface area contributed by atoms with Crippen LogP contribution < -0.4 is 4.90 Å². The van der Waals surface area contributed by atoms with Crippen LogP contribution in [0.2, 0.25) is 0 Å². The summed E-state index contributed by atoms with van der Waals surface area (Å²) in [6, 6.07) is 76.0. The Bertz CT molecular complexity index is 4610. The molecule has 74 heavy (non-hydrogen) atoms. The minimum atomic E-state index is 0.885. The first-order chi connectivity index (χ1) is 36.6. The molecule has 9 aromatic carbocycles. The topological polar surface area (TPSA) is 43.8 Å². The monoisotopic (exact) mass is 946 g/mol. The Morgan fingerprint density at radius 1 is 0.405 bits per heavy atom. The molecular weight excluding hydrogens is 901 g/mol. The molecule has 6 heteroatoms. The second kappa shape index (κ2) is 16.4. The number of aryl methyl sites for hydroxylation is 1. The number of para-hydroxylation sites is 2. The highest BCUT2D eigenvalue weighted by Gasteiger charge is 2.29. The summed E-state index contributed by atoms with van der Waals surface area (Å²) in [5.41, 5.74) is 21.9. The highest BCUT2D eigenvalue weighted by atomic mass is 15.2. The van der Waals surface area contributed by atoms with Gasteiger partial charge in [0.25, 0.3) is 0 Å². The lowest BCUT2D eigenvalue weighted by Crippen LogP contribution is -2.15. The van der Waals surface area contributed by atoms with E-state index in [1.807, 2.05) is 43.0 Å². The van der Waals surface area contributed by atoms with Gasteiger partial charge in [0.1, 0.15) is 0 Å². The van der Waals surface area contributed by atoms with Crippen LogP contribution in [0.5, 0.6) is 0 Å². The molecule has 6 nitrogen and oxygen atoms in total.